The maximum atomic E-state index is 12.1. The zero-order chi connectivity index (χ0) is 15.4. The van der Waals surface area contributed by atoms with Crippen molar-refractivity contribution in [2.24, 2.45) is 0 Å². The second-order valence-electron chi connectivity index (χ2n) is 4.56. The summed E-state index contributed by atoms with van der Waals surface area (Å²) < 4.78 is 5.54. The molecule has 1 atom stereocenters. The van der Waals surface area contributed by atoms with Crippen molar-refractivity contribution < 1.29 is 9.53 Å². The second-order valence-corrected chi connectivity index (χ2v) is 5.35. The molecule has 1 aromatic carbocycles. The van der Waals surface area contributed by atoms with Crippen molar-refractivity contribution in [2.45, 2.75) is 20.0 Å². The van der Waals surface area contributed by atoms with Crippen LogP contribution in [0.5, 0.6) is 5.75 Å². The molecule has 0 radical (unpaired) electrons. The highest BCUT2D eigenvalue weighted by Gasteiger charge is 2.16. The van der Waals surface area contributed by atoms with Gasteiger partial charge in [-0.1, -0.05) is 29.3 Å². The zero-order valence-corrected chi connectivity index (χ0v) is 13.1. The first-order chi connectivity index (χ1) is 9.95. The molecule has 4 nitrogen and oxygen atoms in total. The van der Waals surface area contributed by atoms with Crippen LogP contribution < -0.4 is 10.1 Å². The van der Waals surface area contributed by atoms with Crippen molar-refractivity contribution >= 4 is 34.8 Å². The summed E-state index contributed by atoms with van der Waals surface area (Å²) in [6.45, 7) is 3.51. The minimum atomic E-state index is -0.694. The van der Waals surface area contributed by atoms with Crippen LogP contribution >= 0.6 is 23.2 Å². The molecule has 0 spiro atoms. The van der Waals surface area contributed by atoms with Gasteiger partial charge in [-0.15, -0.1) is 0 Å². The SMILES string of the molecule is Cc1cnc(Cl)c(NC(=O)C(C)Oc2cccc(Cl)c2)c1. The molecule has 0 aliphatic carbocycles. The minimum absolute atomic E-state index is 0.240. The Hall–Kier alpha value is -1.78. The summed E-state index contributed by atoms with van der Waals surface area (Å²) in [7, 11) is 0. The van der Waals surface area contributed by atoms with Crippen LogP contribution in [0.25, 0.3) is 0 Å². The van der Waals surface area contributed by atoms with E-state index in [0.717, 1.165) is 5.56 Å². The summed E-state index contributed by atoms with van der Waals surface area (Å²) in [6, 6.07) is 8.61. The smallest absolute Gasteiger partial charge is 0.265 e. The molecule has 2 rings (SSSR count). The van der Waals surface area contributed by atoms with Crippen LogP contribution in [0.2, 0.25) is 10.2 Å². The van der Waals surface area contributed by atoms with Crippen molar-refractivity contribution in [1.82, 2.24) is 4.98 Å². The van der Waals surface area contributed by atoms with Gasteiger partial charge in [-0.05, 0) is 43.7 Å². The number of ether oxygens (including phenoxy) is 1. The van der Waals surface area contributed by atoms with Crippen LogP contribution in [0.1, 0.15) is 12.5 Å². The highest BCUT2D eigenvalue weighted by Crippen LogP contribution is 2.21. The molecule has 2 aromatic rings. The molecule has 1 unspecified atom stereocenters. The largest absolute Gasteiger partial charge is 0.481 e. The molecule has 0 aliphatic rings. The van der Waals surface area contributed by atoms with Crippen LogP contribution in [0.3, 0.4) is 0 Å². The summed E-state index contributed by atoms with van der Waals surface area (Å²) in [4.78, 5) is 16.1. The van der Waals surface area contributed by atoms with Gasteiger partial charge in [0.1, 0.15) is 5.75 Å². The lowest BCUT2D eigenvalue weighted by Crippen LogP contribution is -2.30. The average molecular weight is 325 g/mol. The number of hydrogen-bond acceptors (Lipinski definition) is 3. The van der Waals surface area contributed by atoms with Gasteiger partial charge in [0, 0.05) is 11.2 Å². The van der Waals surface area contributed by atoms with Crippen molar-refractivity contribution in [3.63, 3.8) is 0 Å². The van der Waals surface area contributed by atoms with E-state index in [2.05, 4.69) is 10.3 Å². The van der Waals surface area contributed by atoms with Gasteiger partial charge < -0.3 is 10.1 Å². The van der Waals surface area contributed by atoms with Gasteiger partial charge in [-0.25, -0.2) is 4.98 Å². The van der Waals surface area contributed by atoms with Gasteiger partial charge in [0.25, 0.3) is 5.91 Å². The summed E-state index contributed by atoms with van der Waals surface area (Å²) in [5, 5.41) is 3.48. The van der Waals surface area contributed by atoms with Crippen molar-refractivity contribution in [1.29, 1.82) is 0 Å². The molecule has 0 saturated heterocycles. The predicted octanol–water partition coefficient (Wildman–Crippen LogP) is 4.10. The molecule has 1 amide bonds. The fourth-order valence-corrected chi connectivity index (χ4v) is 2.00. The summed E-state index contributed by atoms with van der Waals surface area (Å²) in [5.41, 5.74) is 1.36. The Labute approximate surface area is 133 Å². The van der Waals surface area contributed by atoms with Crippen molar-refractivity contribution in [3.05, 3.63) is 52.3 Å². The first-order valence-corrected chi connectivity index (χ1v) is 7.06. The Morgan fingerprint density at radius 2 is 2.10 bits per heavy atom. The van der Waals surface area contributed by atoms with Crippen LogP contribution in [0.4, 0.5) is 5.69 Å². The molecule has 0 bridgehead atoms. The van der Waals surface area contributed by atoms with Crippen LogP contribution in [-0.4, -0.2) is 17.0 Å². The number of carbonyl (C=O) groups is 1. The maximum Gasteiger partial charge on any atom is 0.265 e. The molecule has 110 valence electrons. The number of anilines is 1. The van der Waals surface area contributed by atoms with E-state index in [0.29, 0.717) is 16.5 Å². The Morgan fingerprint density at radius 3 is 2.81 bits per heavy atom. The Morgan fingerprint density at radius 1 is 1.33 bits per heavy atom. The van der Waals surface area contributed by atoms with E-state index >= 15 is 0 Å². The molecule has 0 aliphatic heterocycles. The highest BCUT2D eigenvalue weighted by molar-refractivity contribution is 6.32. The average Bonchev–Trinajstić information content (AvgIpc) is 2.43. The Kier molecular flexibility index (Phi) is 5.04. The molecule has 0 fully saturated rings. The number of hydrogen-bond donors (Lipinski definition) is 1. The highest BCUT2D eigenvalue weighted by atomic mass is 35.5. The Bertz CT molecular complexity index is 662. The number of carbonyl (C=O) groups excluding carboxylic acids is 1. The van der Waals surface area contributed by atoms with Gasteiger partial charge in [0.2, 0.25) is 0 Å². The molecule has 1 aromatic heterocycles. The van der Waals surface area contributed by atoms with Crippen LogP contribution in [0.15, 0.2) is 36.5 Å². The molecule has 1 heterocycles. The minimum Gasteiger partial charge on any atom is -0.481 e. The number of aromatic nitrogens is 1. The first-order valence-electron chi connectivity index (χ1n) is 6.31. The van der Waals surface area contributed by atoms with Gasteiger partial charge >= 0.3 is 0 Å². The van der Waals surface area contributed by atoms with E-state index in [1.54, 1.807) is 43.5 Å². The molecular formula is C15H14Cl2N2O2. The summed E-state index contributed by atoms with van der Waals surface area (Å²) >= 11 is 11.8. The number of aryl methyl sites for hydroxylation is 1. The predicted molar refractivity (Wildman–Crippen MR) is 84.2 cm³/mol. The number of nitrogens with one attached hydrogen (secondary N) is 1. The lowest BCUT2D eigenvalue weighted by molar-refractivity contribution is -0.122. The van der Waals surface area contributed by atoms with Crippen LogP contribution in [-0.2, 0) is 4.79 Å². The number of nitrogens with zero attached hydrogens (tertiary/aromatic N) is 1. The molecule has 21 heavy (non-hydrogen) atoms. The third-order valence-electron chi connectivity index (χ3n) is 2.71. The standard InChI is InChI=1S/C15H14Cl2N2O2/c1-9-6-13(14(17)18-8-9)19-15(20)10(2)21-12-5-3-4-11(16)7-12/h3-8,10H,1-2H3,(H,19,20). The topological polar surface area (TPSA) is 51.2 Å². The fraction of sp³-hybridized carbons (Fsp3) is 0.200. The van der Waals surface area contributed by atoms with Crippen LogP contribution in [0, 0.1) is 6.92 Å². The van der Waals surface area contributed by atoms with E-state index in [1.165, 1.54) is 0 Å². The van der Waals surface area contributed by atoms with Crippen molar-refractivity contribution in [3.8, 4) is 5.75 Å². The lowest BCUT2D eigenvalue weighted by atomic mass is 10.3. The molecule has 1 N–H and O–H groups in total. The number of pyridine rings is 1. The molecular weight excluding hydrogens is 311 g/mol. The second kappa shape index (κ2) is 6.78. The van der Waals surface area contributed by atoms with E-state index in [9.17, 15) is 4.79 Å². The Balaban J connectivity index is 2.04. The fourth-order valence-electron chi connectivity index (χ4n) is 1.67. The number of benzene rings is 1. The van der Waals surface area contributed by atoms with Gasteiger partial charge in [-0.2, -0.15) is 0 Å². The van der Waals surface area contributed by atoms with Gasteiger partial charge in [0.15, 0.2) is 11.3 Å². The molecule has 0 saturated carbocycles. The summed E-state index contributed by atoms with van der Waals surface area (Å²) in [5.74, 6) is 0.211. The number of rotatable bonds is 4. The van der Waals surface area contributed by atoms with E-state index < -0.39 is 6.10 Å². The normalized spacial score (nSPS) is 11.8. The third kappa shape index (κ3) is 4.34. The zero-order valence-electron chi connectivity index (χ0n) is 11.6. The van der Waals surface area contributed by atoms with Gasteiger partial charge in [-0.3, -0.25) is 4.79 Å². The maximum absolute atomic E-state index is 12.1. The van der Waals surface area contributed by atoms with Crippen molar-refractivity contribution in [2.75, 3.05) is 5.32 Å². The van der Waals surface area contributed by atoms with E-state index in [1.807, 2.05) is 6.92 Å². The monoisotopic (exact) mass is 324 g/mol. The first kappa shape index (κ1) is 15.6. The quantitative estimate of drug-likeness (QED) is 0.861. The number of amides is 1. The van der Waals surface area contributed by atoms with Gasteiger partial charge in [0.05, 0.1) is 5.69 Å². The molecule has 6 heteroatoms. The third-order valence-corrected chi connectivity index (χ3v) is 3.25. The number of halogens is 2. The van der Waals surface area contributed by atoms with E-state index in [-0.39, 0.29) is 11.1 Å². The van der Waals surface area contributed by atoms with E-state index in [4.69, 9.17) is 27.9 Å². The lowest BCUT2D eigenvalue weighted by Gasteiger charge is -2.15. The summed E-state index contributed by atoms with van der Waals surface area (Å²) in [6.07, 6.45) is 0.934.